The number of nitrogens with zero attached hydrogens (tertiary/aromatic N) is 3. The average Bonchev–Trinajstić information content (AvgIpc) is 3.07. The number of halogens is 1. The Morgan fingerprint density at radius 1 is 1.36 bits per heavy atom. The standard InChI is InChI=1S/C15H23ClN4O2/c1-17-13-14(16)18-10-19-15(13)20-5-2-12(3-6-20)22-9-11-4-7-21-8-11/h10-12,17H,2-9H2,1H3. The van der Waals surface area contributed by atoms with Gasteiger partial charge in [0.25, 0.3) is 0 Å². The van der Waals surface area contributed by atoms with E-state index < -0.39 is 0 Å². The van der Waals surface area contributed by atoms with Crippen molar-refractivity contribution in [2.45, 2.75) is 25.4 Å². The Morgan fingerprint density at radius 3 is 2.86 bits per heavy atom. The topological polar surface area (TPSA) is 59.5 Å². The monoisotopic (exact) mass is 326 g/mol. The summed E-state index contributed by atoms with van der Waals surface area (Å²) in [4.78, 5) is 10.6. The lowest BCUT2D eigenvalue weighted by Crippen LogP contribution is -2.38. The molecule has 0 aliphatic carbocycles. The van der Waals surface area contributed by atoms with Crippen LogP contribution in [0.4, 0.5) is 11.5 Å². The fraction of sp³-hybridized carbons (Fsp3) is 0.733. The highest BCUT2D eigenvalue weighted by Crippen LogP contribution is 2.31. The number of nitrogens with one attached hydrogen (secondary N) is 1. The number of aromatic nitrogens is 2. The molecule has 0 amide bonds. The molecule has 1 atom stereocenters. The van der Waals surface area contributed by atoms with E-state index in [1.165, 1.54) is 6.33 Å². The van der Waals surface area contributed by atoms with Gasteiger partial charge in [0.2, 0.25) is 0 Å². The molecule has 1 aromatic rings. The van der Waals surface area contributed by atoms with Crippen molar-refractivity contribution in [2.75, 3.05) is 50.2 Å². The van der Waals surface area contributed by atoms with Crippen LogP contribution in [0.2, 0.25) is 5.15 Å². The first-order valence-electron chi connectivity index (χ1n) is 7.90. The van der Waals surface area contributed by atoms with Crippen molar-refractivity contribution in [3.8, 4) is 0 Å². The molecule has 6 nitrogen and oxygen atoms in total. The van der Waals surface area contributed by atoms with Gasteiger partial charge in [0.05, 0.1) is 19.3 Å². The zero-order chi connectivity index (χ0) is 15.4. The van der Waals surface area contributed by atoms with Crippen LogP contribution in [0.15, 0.2) is 6.33 Å². The minimum Gasteiger partial charge on any atom is -0.383 e. The van der Waals surface area contributed by atoms with E-state index in [2.05, 4.69) is 20.2 Å². The molecule has 122 valence electrons. The zero-order valence-electron chi connectivity index (χ0n) is 12.9. The molecule has 0 saturated carbocycles. The molecule has 3 rings (SSSR count). The summed E-state index contributed by atoms with van der Waals surface area (Å²) in [6, 6.07) is 0. The van der Waals surface area contributed by atoms with Crippen LogP contribution in [0.1, 0.15) is 19.3 Å². The SMILES string of the molecule is CNc1c(Cl)ncnc1N1CCC(OCC2CCOC2)CC1. The van der Waals surface area contributed by atoms with E-state index in [-0.39, 0.29) is 0 Å². The van der Waals surface area contributed by atoms with Gasteiger partial charge in [-0.05, 0) is 19.3 Å². The summed E-state index contributed by atoms with van der Waals surface area (Å²) >= 11 is 6.12. The molecule has 2 aliphatic heterocycles. The fourth-order valence-electron chi connectivity index (χ4n) is 3.03. The lowest BCUT2D eigenvalue weighted by atomic mass is 10.1. The summed E-state index contributed by atoms with van der Waals surface area (Å²) < 4.78 is 11.4. The zero-order valence-corrected chi connectivity index (χ0v) is 13.7. The smallest absolute Gasteiger partial charge is 0.157 e. The quantitative estimate of drug-likeness (QED) is 0.837. The summed E-state index contributed by atoms with van der Waals surface area (Å²) in [6.45, 7) is 4.41. The molecule has 0 bridgehead atoms. The van der Waals surface area contributed by atoms with Gasteiger partial charge in [0.15, 0.2) is 11.0 Å². The van der Waals surface area contributed by atoms with Crippen molar-refractivity contribution in [2.24, 2.45) is 5.92 Å². The molecular weight excluding hydrogens is 304 g/mol. The number of rotatable bonds is 5. The van der Waals surface area contributed by atoms with Gasteiger partial charge in [0.1, 0.15) is 12.0 Å². The normalized spacial score (nSPS) is 23.0. The van der Waals surface area contributed by atoms with Crippen molar-refractivity contribution < 1.29 is 9.47 Å². The van der Waals surface area contributed by atoms with Crippen LogP contribution in [0, 0.1) is 5.92 Å². The highest BCUT2D eigenvalue weighted by atomic mass is 35.5. The molecule has 22 heavy (non-hydrogen) atoms. The molecule has 1 N–H and O–H groups in total. The van der Waals surface area contributed by atoms with Crippen LogP contribution in [-0.2, 0) is 9.47 Å². The maximum atomic E-state index is 6.12. The van der Waals surface area contributed by atoms with E-state index in [1.807, 2.05) is 7.05 Å². The summed E-state index contributed by atoms with van der Waals surface area (Å²) in [7, 11) is 1.84. The predicted molar refractivity (Wildman–Crippen MR) is 86.7 cm³/mol. The van der Waals surface area contributed by atoms with Gasteiger partial charge >= 0.3 is 0 Å². The molecule has 2 saturated heterocycles. The Hall–Kier alpha value is -1.11. The third kappa shape index (κ3) is 3.62. The molecular formula is C15H23ClN4O2. The van der Waals surface area contributed by atoms with Gasteiger partial charge in [-0.3, -0.25) is 0 Å². The summed E-state index contributed by atoms with van der Waals surface area (Å²) in [5.74, 6) is 1.46. The Balaban J connectivity index is 1.52. The molecule has 2 fully saturated rings. The summed E-state index contributed by atoms with van der Waals surface area (Å²) in [6.07, 6.45) is 5.01. The van der Waals surface area contributed by atoms with Gasteiger partial charge in [-0.2, -0.15) is 0 Å². The van der Waals surface area contributed by atoms with E-state index in [0.717, 1.165) is 63.7 Å². The van der Waals surface area contributed by atoms with Crippen LogP contribution in [0.5, 0.6) is 0 Å². The second-order valence-corrected chi connectivity index (χ2v) is 6.22. The highest BCUT2D eigenvalue weighted by molar-refractivity contribution is 6.32. The van der Waals surface area contributed by atoms with Gasteiger partial charge in [0, 0.05) is 32.7 Å². The van der Waals surface area contributed by atoms with E-state index in [0.29, 0.717) is 17.2 Å². The van der Waals surface area contributed by atoms with Crippen LogP contribution >= 0.6 is 11.6 Å². The Kier molecular flexibility index (Phi) is 5.33. The first kappa shape index (κ1) is 15.8. The Labute approximate surface area is 136 Å². The summed E-state index contributed by atoms with van der Waals surface area (Å²) in [5, 5.41) is 3.56. The highest BCUT2D eigenvalue weighted by Gasteiger charge is 2.25. The van der Waals surface area contributed by atoms with E-state index in [1.54, 1.807) is 0 Å². The van der Waals surface area contributed by atoms with Crippen LogP contribution in [0.25, 0.3) is 0 Å². The Bertz CT molecular complexity index is 488. The van der Waals surface area contributed by atoms with Crippen LogP contribution in [0.3, 0.4) is 0 Å². The first-order chi connectivity index (χ1) is 10.8. The van der Waals surface area contributed by atoms with Crippen LogP contribution in [-0.4, -0.2) is 56.0 Å². The molecule has 0 aromatic carbocycles. The van der Waals surface area contributed by atoms with E-state index in [9.17, 15) is 0 Å². The third-order valence-corrected chi connectivity index (χ3v) is 4.65. The third-order valence-electron chi connectivity index (χ3n) is 4.36. The van der Waals surface area contributed by atoms with Crippen molar-refractivity contribution >= 4 is 23.1 Å². The van der Waals surface area contributed by atoms with Crippen LogP contribution < -0.4 is 10.2 Å². The average molecular weight is 327 g/mol. The van der Waals surface area contributed by atoms with Crippen molar-refractivity contribution in [1.82, 2.24) is 9.97 Å². The second kappa shape index (κ2) is 7.44. The largest absolute Gasteiger partial charge is 0.383 e. The molecule has 1 unspecified atom stereocenters. The maximum absolute atomic E-state index is 6.12. The summed E-state index contributed by atoms with van der Waals surface area (Å²) in [5.41, 5.74) is 0.798. The van der Waals surface area contributed by atoms with Crippen molar-refractivity contribution in [3.63, 3.8) is 0 Å². The van der Waals surface area contributed by atoms with Gasteiger partial charge in [-0.1, -0.05) is 11.6 Å². The second-order valence-electron chi connectivity index (χ2n) is 5.86. The van der Waals surface area contributed by atoms with E-state index >= 15 is 0 Å². The first-order valence-corrected chi connectivity index (χ1v) is 8.28. The lowest BCUT2D eigenvalue weighted by molar-refractivity contribution is 0.0131. The number of ether oxygens (including phenoxy) is 2. The number of hydrogen-bond acceptors (Lipinski definition) is 6. The lowest BCUT2D eigenvalue weighted by Gasteiger charge is -2.34. The molecule has 3 heterocycles. The van der Waals surface area contributed by atoms with Crippen molar-refractivity contribution in [3.05, 3.63) is 11.5 Å². The molecule has 0 spiro atoms. The number of piperidine rings is 1. The molecule has 7 heteroatoms. The van der Waals surface area contributed by atoms with Gasteiger partial charge in [-0.25, -0.2) is 9.97 Å². The molecule has 1 aromatic heterocycles. The minimum atomic E-state index is 0.340. The van der Waals surface area contributed by atoms with Gasteiger partial charge < -0.3 is 19.7 Å². The predicted octanol–water partition coefficient (Wildman–Crippen LogP) is 2.19. The molecule has 0 radical (unpaired) electrons. The number of anilines is 2. The maximum Gasteiger partial charge on any atom is 0.157 e. The minimum absolute atomic E-state index is 0.340. The fourth-order valence-corrected chi connectivity index (χ4v) is 3.25. The molecule has 2 aliphatic rings. The Morgan fingerprint density at radius 2 is 2.18 bits per heavy atom. The van der Waals surface area contributed by atoms with Gasteiger partial charge in [-0.15, -0.1) is 0 Å². The van der Waals surface area contributed by atoms with E-state index in [4.69, 9.17) is 21.1 Å². The number of hydrogen-bond donors (Lipinski definition) is 1. The van der Waals surface area contributed by atoms with Crippen molar-refractivity contribution in [1.29, 1.82) is 0 Å².